The van der Waals surface area contributed by atoms with Gasteiger partial charge in [-0.2, -0.15) is 13.2 Å². The largest absolute Gasteiger partial charge is 0.494 e. The molecule has 0 aliphatic rings. The van der Waals surface area contributed by atoms with Crippen molar-refractivity contribution >= 4 is 16.6 Å². The highest BCUT2D eigenvalue weighted by atomic mass is 19.4. The van der Waals surface area contributed by atoms with E-state index in [1.54, 1.807) is 12.1 Å². The summed E-state index contributed by atoms with van der Waals surface area (Å²) in [6.45, 7) is 0. The molecule has 0 saturated carbocycles. The number of aromatic nitrogens is 1. The van der Waals surface area contributed by atoms with Crippen LogP contribution in [0.2, 0.25) is 0 Å². The van der Waals surface area contributed by atoms with Gasteiger partial charge in [-0.15, -0.1) is 0 Å². The lowest BCUT2D eigenvalue weighted by Crippen LogP contribution is -2.13. The molecule has 0 amide bonds. The van der Waals surface area contributed by atoms with Gasteiger partial charge in [0.25, 0.3) is 0 Å². The van der Waals surface area contributed by atoms with Crippen LogP contribution >= 0.6 is 0 Å². The monoisotopic (exact) mass is 257 g/mol. The quantitative estimate of drug-likeness (QED) is 0.641. The predicted octanol–water partition coefficient (Wildman–Crippen LogP) is 2.55. The first-order valence-corrected chi connectivity index (χ1v) is 4.99. The Labute approximate surface area is 101 Å². The minimum Gasteiger partial charge on any atom is -0.494 e. The summed E-state index contributed by atoms with van der Waals surface area (Å²) in [5.74, 6) is 5.49. The van der Waals surface area contributed by atoms with Crippen LogP contribution in [0.5, 0.6) is 5.75 Å². The molecule has 0 aliphatic carbocycles. The number of nitrogens with one attached hydrogen (secondary N) is 1. The number of nitrogen functional groups attached to an aromatic ring is 1. The SMILES string of the molecule is COc1cccc2c(NN)cc(C(F)(F)F)nc12. The molecule has 0 atom stereocenters. The van der Waals surface area contributed by atoms with Gasteiger partial charge in [-0.1, -0.05) is 12.1 Å². The zero-order valence-corrected chi connectivity index (χ0v) is 9.38. The number of para-hydroxylation sites is 1. The molecule has 3 N–H and O–H groups in total. The van der Waals surface area contributed by atoms with Gasteiger partial charge in [-0.3, -0.25) is 5.84 Å². The normalized spacial score (nSPS) is 11.6. The van der Waals surface area contributed by atoms with E-state index in [0.717, 1.165) is 6.07 Å². The standard InChI is InChI=1S/C11H10F3N3O/c1-18-8-4-2-3-6-7(17-15)5-9(11(12,13)14)16-10(6)8/h2-5H,15H2,1H3,(H,16,17). The van der Waals surface area contributed by atoms with E-state index >= 15 is 0 Å². The lowest BCUT2D eigenvalue weighted by atomic mass is 10.1. The second-order valence-electron chi connectivity index (χ2n) is 3.55. The third kappa shape index (κ3) is 2.04. The Kier molecular flexibility index (Phi) is 3.00. The van der Waals surface area contributed by atoms with E-state index in [1.807, 2.05) is 0 Å². The number of methoxy groups -OCH3 is 1. The van der Waals surface area contributed by atoms with Gasteiger partial charge in [0.2, 0.25) is 0 Å². The predicted molar refractivity (Wildman–Crippen MR) is 61.1 cm³/mol. The fourth-order valence-corrected chi connectivity index (χ4v) is 1.65. The molecule has 0 spiro atoms. The molecule has 0 unspecified atom stereocenters. The Morgan fingerprint density at radius 2 is 2.06 bits per heavy atom. The Hall–Kier alpha value is -2.02. The van der Waals surface area contributed by atoms with Gasteiger partial charge in [-0.25, -0.2) is 4.98 Å². The summed E-state index contributed by atoms with van der Waals surface area (Å²) in [6.07, 6.45) is -4.54. The highest BCUT2D eigenvalue weighted by Gasteiger charge is 2.33. The number of benzene rings is 1. The maximum Gasteiger partial charge on any atom is 0.433 e. The number of ether oxygens (including phenoxy) is 1. The van der Waals surface area contributed by atoms with Gasteiger partial charge in [0.15, 0.2) is 0 Å². The number of halogens is 3. The van der Waals surface area contributed by atoms with Crippen molar-refractivity contribution < 1.29 is 17.9 Å². The maximum absolute atomic E-state index is 12.7. The first-order chi connectivity index (χ1) is 8.47. The number of alkyl halides is 3. The molecule has 4 nitrogen and oxygen atoms in total. The van der Waals surface area contributed by atoms with Gasteiger partial charge in [0, 0.05) is 5.39 Å². The lowest BCUT2D eigenvalue weighted by molar-refractivity contribution is -0.140. The van der Waals surface area contributed by atoms with E-state index in [0.29, 0.717) is 5.39 Å². The fourth-order valence-electron chi connectivity index (χ4n) is 1.65. The molecular weight excluding hydrogens is 247 g/mol. The maximum atomic E-state index is 12.7. The molecule has 0 aliphatic heterocycles. The first kappa shape index (κ1) is 12.4. The second-order valence-corrected chi connectivity index (χ2v) is 3.55. The third-order valence-corrected chi connectivity index (χ3v) is 2.47. The fraction of sp³-hybridized carbons (Fsp3) is 0.182. The Bertz CT molecular complexity index is 583. The first-order valence-electron chi connectivity index (χ1n) is 4.99. The summed E-state index contributed by atoms with van der Waals surface area (Å²) >= 11 is 0. The number of nitrogens with two attached hydrogens (primary N) is 1. The molecule has 2 rings (SSSR count). The molecule has 2 aromatic rings. The third-order valence-electron chi connectivity index (χ3n) is 2.47. The highest BCUT2D eigenvalue weighted by Crippen LogP contribution is 2.35. The van der Waals surface area contributed by atoms with Crippen molar-refractivity contribution in [3.05, 3.63) is 30.0 Å². The summed E-state index contributed by atoms with van der Waals surface area (Å²) in [5, 5.41) is 0.463. The summed E-state index contributed by atoms with van der Waals surface area (Å²) in [7, 11) is 1.37. The van der Waals surface area contributed by atoms with E-state index in [4.69, 9.17) is 10.6 Å². The van der Waals surface area contributed by atoms with Gasteiger partial charge in [0.1, 0.15) is 17.0 Å². The van der Waals surface area contributed by atoms with Gasteiger partial charge in [-0.05, 0) is 12.1 Å². The molecule has 0 fully saturated rings. The Balaban J connectivity index is 2.80. The Morgan fingerprint density at radius 1 is 1.33 bits per heavy atom. The van der Waals surface area contributed by atoms with Gasteiger partial charge in [0.05, 0.1) is 12.8 Å². The van der Waals surface area contributed by atoms with Crippen LogP contribution in [0.25, 0.3) is 10.9 Å². The number of anilines is 1. The van der Waals surface area contributed by atoms with Crippen LogP contribution in [-0.2, 0) is 6.18 Å². The number of hydrogen-bond donors (Lipinski definition) is 2. The molecule has 1 aromatic carbocycles. The van der Waals surface area contributed by atoms with Crippen LogP contribution in [0.4, 0.5) is 18.9 Å². The van der Waals surface area contributed by atoms with Gasteiger partial charge >= 0.3 is 6.18 Å². The molecule has 0 radical (unpaired) electrons. The van der Waals surface area contributed by atoms with Crippen molar-refractivity contribution in [2.75, 3.05) is 12.5 Å². The van der Waals surface area contributed by atoms with Crippen molar-refractivity contribution in [3.8, 4) is 5.75 Å². The molecule has 96 valence electrons. The molecule has 1 aromatic heterocycles. The van der Waals surface area contributed by atoms with Crippen molar-refractivity contribution in [2.45, 2.75) is 6.18 Å². The topological polar surface area (TPSA) is 60.2 Å². The molecule has 1 heterocycles. The van der Waals surface area contributed by atoms with Crippen molar-refractivity contribution in [1.29, 1.82) is 0 Å². The van der Waals surface area contributed by atoms with Crippen molar-refractivity contribution in [1.82, 2.24) is 4.98 Å². The van der Waals surface area contributed by atoms with Crippen LogP contribution < -0.4 is 16.0 Å². The molecule has 18 heavy (non-hydrogen) atoms. The lowest BCUT2D eigenvalue weighted by Gasteiger charge is -2.12. The molecule has 7 heteroatoms. The second kappa shape index (κ2) is 4.34. The van der Waals surface area contributed by atoms with E-state index in [9.17, 15) is 13.2 Å². The van der Waals surface area contributed by atoms with Crippen LogP contribution in [0.3, 0.4) is 0 Å². The average molecular weight is 257 g/mol. The smallest absolute Gasteiger partial charge is 0.433 e. The number of hydrazine groups is 1. The highest BCUT2D eigenvalue weighted by molar-refractivity contribution is 5.95. The number of nitrogens with zero attached hydrogens (tertiary/aromatic N) is 1. The number of pyridine rings is 1. The minimum atomic E-state index is -4.54. The van der Waals surface area contributed by atoms with Crippen LogP contribution in [0, 0.1) is 0 Å². The van der Waals surface area contributed by atoms with Crippen LogP contribution in [0.15, 0.2) is 24.3 Å². The van der Waals surface area contributed by atoms with Crippen molar-refractivity contribution in [2.24, 2.45) is 5.84 Å². The Morgan fingerprint density at radius 3 is 2.61 bits per heavy atom. The summed E-state index contributed by atoms with van der Waals surface area (Å²) in [4.78, 5) is 3.58. The van der Waals surface area contributed by atoms with Crippen molar-refractivity contribution in [3.63, 3.8) is 0 Å². The minimum absolute atomic E-state index is 0.114. The van der Waals surface area contributed by atoms with Crippen LogP contribution in [0.1, 0.15) is 5.69 Å². The van der Waals surface area contributed by atoms with E-state index in [2.05, 4.69) is 10.4 Å². The summed E-state index contributed by atoms with van der Waals surface area (Å²) in [5.41, 5.74) is 1.48. The molecule has 0 bridgehead atoms. The van der Waals surface area contributed by atoms with Crippen LogP contribution in [-0.4, -0.2) is 12.1 Å². The molecular formula is C11H10F3N3O. The number of hydrogen-bond acceptors (Lipinski definition) is 4. The summed E-state index contributed by atoms with van der Waals surface area (Å²) < 4.78 is 43.1. The average Bonchev–Trinajstić information content (AvgIpc) is 2.35. The number of fused-ring (bicyclic) bond motifs is 1. The summed E-state index contributed by atoms with van der Waals surface area (Å²) in [6, 6.07) is 5.66. The van der Waals surface area contributed by atoms with E-state index in [-0.39, 0.29) is 17.0 Å². The van der Waals surface area contributed by atoms with E-state index in [1.165, 1.54) is 13.2 Å². The molecule has 0 saturated heterocycles. The van der Waals surface area contributed by atoms with Gasteiger partial charge < -0.3 is 10.2 Å². The van der Waals surface area contributed by atoms with E-state index < -0.39 is 11.9 Å². The zero-order valence-electron chi connectivity index (χ0n) is 9.38. The zero-order chi connectivity index (χ0) is 13.3. The number of rotatable bonds is 2.